The van der Waals surface area contributed by atoms with Crippen molar-refractivity contribution < 1.29 is 51.8 Å². The zero-order valence-electron chi connectivity index (χ0n) is 37.3. The molecule has 0 aliphatic carbocycles. The molecule has 2 aliphatic heterocycles. The number of sulfonamides is 1. The van der Waals surface area contributed by atoms with E-state index < -0.39 is 93.9 Å². The van der Waals surface area contributed by atoms with Gasteiger partial charge in [-0.05, 0) is 103 Å². The van der Waals surface area contributed by atoms with Gasteiger partial charge in [0, 0.05) is 31.5 Å². The number of hydrogen-bond acceptors (Lipinski definition) is 12. The second-order valence-electron chi connectivity index (χ2n) is 17.6. The van der Waals surface area contributed by atoms with Crippen LogP contribution in [-0.2, 0) is 56.4 Å². The predicted octanol–water partition coefficient (Wildman–Crippen LogP) is 1.16. The summed E-state index contributed by atoms with van der Waals surface area (Å²) in [5.41, 5.74) is 13.9. The highest BCUT2D eigenvalue weighted by Crippen LogP contribution is 2.43. The lowest BCUT2D eigenvalue weighted by atomic mass is 9.94. The Labute approximate surface area is 368 Å². The van der Waals surface area contributed by atoms with Gasteiger partial charge in [0.2, 0.25) is 29.6 Å². The Morgan fingerprint density at radius 3 is 2.30 bits per heavy atom. The Morgan fingerprint density at radius 2 is 1.67 bits per heavy atom. The number of benzene rings is 2. The fourth-order valence-electron chi connectivity index (χ4n) is 7.62. The lowest BCUT2D eigenvalue weighted by Crippen LogP contribution is -2.57. The van der Waals surface area contributed by atoms with E-state index in [1.807, 2.05) is 20.8 Å². The molecule has 1 saturated heterocycles. The van der Waals surface area contributed by atoms with Gasteiger partial charge in [0.15, 0.2) is 0 Å². The first-order valence-electron chi connectivity index (χ1n) is 20.9. The fraction of sp³-hybridized carbons (Fsp3) is 0.558. The molecule has 4 rings (SSSR count). The van der Waals surface area contributed by atoms with Gasteiger partial charge in [-0.1, -0.05) is 30.3 Å². The van der Waals surface area contributed by atoms with E-state index in [-0.39, 0.29) is 49.6 Å². The second-order valence-corrected chi connectivity index (χ2v) is 19.2. The number of carboxylic acid groups (broad SMARTS) is 1. The van der Waals surface area contributed by atoms with Gasteiger partial charge in [-0.25, -0.2) is 17.9 Å². The number of nitrogens with two attached hydrogens (primary N) is 2. The van der Waals surface area contributed by atoms with Crippen LogP contribution in [0.15, 0.2) is 40.2 Å². The molecule has 0 saturated carbocycles. The Hall–Kier alpha value is -5.76. The molecule has 2 aromatic carbocycles. The van der Waals surface area contributed by atoms with Crippen molar-refractivity contribution in [2.75, 3.05) is 19.6 Å². The van der Waals surface area contributed by atoms with Gasteiger partial charge in [0.1, 0.15) is 35.1 Å². The molecule has 20 heteroatoms. The maximum Gasteiger partial charge on any atom is 0.326 e. The molecular weight excluding hydrogens is 837 g/mol. The number of likely N-dealkylation sites (tertiary alicyclic amines) is 1. The topological polar surface area (TPSA) is 291 Å². The predicted molar refractivity (Wildman–Crippen MR) is 233 cm³/mol. The van der Waals surface area contributed by atoms with Gasteiger partial charge in [0.25, 0.3) is 10.0 Å². The number of hydrogen-bond donors (Lipinski definition) is 7. The van der Waals surface area contributed by atoms with Crippen molar-refractivity contribution in [2.24, 2.45) is 16.5 Å². The molecule has 0 radical (unpaired) electrons. The maximum atomic E-state index is 13.8. The number of esters is 1. The summed E-state index contributed by atoms with van der Waals surface area (Å²) in [4.78, 5) is 83.9. The summed E-state index contributed by atoms with van der Waals surface area (Å²) < 4.78 is 40.8. The molecule has 1 fully saturated rings. The van der Waals surface area contributed by atoms with Crippen molar-refractivity contribution in [1.82, 2.24) is 25.6 Å². The SMILES string of the molecule is Cc1c(C)c(S(=O)(=O)NC(N)=NCCC[C@H](N)C(=O)NCC(=O)N[C@@H](CC(=O)OC(C)(C)C)C(=O)N[C@@H](Cc2ccccc2)C(=O)N2CCC[C@H]2C(=O)O)c(C)c2c1OC(C)(C)C2. The summed E-state index contributed by atoms with van der Waals surface area (Å²) in [7, 11) is -4.12. The molecule has 0 unspecified atom stereocenters. The minimum atomic E-state index is -4.12. The van der Waals surface area contributed by atoms with Crippen LogP contribution in [0.3, 0.4) is 0 Å². The van der Waals surface area contributed by atoms with Crippen molar-refractivity contribution >= 4 is 51.6 Å². The number of aliphatic carboxylic acids is 1. The Bertz CT molecular complexity index is 2210. The molecule has 0 bridgehead atoms. The molecule has 2 aliphatic rings. The average molecular weight is 899 g/mol. The summed E-state index contributed by atoms with van der Waals surface area (Å²) >= 11 is 0. The first kappa shape index (κ1) is 49.9. The molecule has 19 nitrogen and oxygen atoms in total. The summed E-state index contributed by atoms with van der Waals surface area (Å²) in [6.07, 6.45) is 0.911. The van der Waals surface area contributed by atoms with Crippen LogP contribution in [0.2, 0.25) is 0 Å². The molecule has 2 aromatic rings. The van der Waals surface area contributed by atoms with Crippen LogP contribution in [0.25, 0.3) is 0 Å². The zero-order chi connectivity index (χ0) is 47.0. The van der Waals surface area contributed by atoms with E-state index in [1.165, 1.54) is 4.90 Å². The van der Waals surface area contributed by atoms with Crippen molar-refractivity contribution in [2.45, 2.75) is 141 Å². The molecule has 0 spiro atoms. The van der Waals surface area contributed by atoms with E-state index in [9.17, 15) is 42.3 Å². The molecule has 4 atom stereocenters. The number of ether oxygens (including phenoxy) is 2. The number of rotatable bonds is 18. The minimum absolute atomic E-state index is 0.00794. The summed E-state index contributed by atoms with van der Waals surface area (Å²) in [5.74, 6) is -4.78. The number of carboxylic acids is 1. The van der Waals surface area contributed by atoms with Gasteiger partial charge in [-0.2, -0.15) is 0 Å². The van der Waals surface area contributed by atoms with Crippen molar-refractivity contribution in [3.05, 3.63) is 58.1 Å². The number of aliphatic imine (C=N–C) groups is 1. The number of carbonyl (C=O) groups excluding carboxylic acids is 5. The summed E-state index contributed by atoms with van der Waals surface area (Å²) in [6, 6.07) is 3.74. The molecule has 0 aromatic heterocycles. The normalized spacial score (nSPS) is 17.4. The highest BCUT2D eigenvalue weighted by molar-refractivity contribution is 7.90. The van der Waals surface area contributed by atoms with Crippen LogP contribution < -0.4 is 36.9 Å². The molecule has 4 amide bonds. The number of guanidine groups is 1. The number of amides is 4. The zero-order valence-corrected chi connectivity index (χ0v) is 38.1. The summed E-state index contributed by atoms with van der Waals surface area (Å²) in [5, 5.41) is 17.2. The number of carbonyl (C=O) groups is 6. The number of nitrogens with one attached hydrogen (secondary N) is 4. The molecule has 9 N–H and O–H groups in total. The quantitative estimate of drug-likeness (QED) is 0.0479. The van der Waals surface area contributed by atoms with Gasteiger partial charge in [0.05, 0.1) is 23.9 Å². The van der Waals surface area contributed by atoms with Crippen LogP contribution in [-0.4, -0.2) is 115 Å². The minimum Gasteiger partial charge on any atom is -0.487 e. The van der Waals surface area contributed by atoms with Crippen LogP contribution in [0, 0.1) is 20.8 Å². The number of nitrogens with zero attached hydrogens (tertiary/aromatic N) is 2. The van der Waals surface area contributed by atoms with Gasteiger partial charge in [-0.3, -0.25) is 29.0 Å². The third-order valence-electron chi connectivity index (χ3n) is 10.7. The lowest BCUT2D eigenvalue weighted by Gasteiger charge is -2.29. The molecular formula is C43H62N8O11S. The smallest absolute Gasteiger partial charge is 0.326 e. The Morgan fingerprint density at radius 1 is 1.00 bits per heavy atom. The van der Waals surface area contributed by atoms with Gasteiger partial charge in [-0.15, -0.1) is 0 Å². The average Bonchev–Trinajstić information content (AvgIpc) is 3.81. The third-order valence-corrected chi connectivity index (χ3v) is 12.3. The fourth-order valence-corrected chi connectivity index (χ4v) is 9.15. The molecule has 63 heavy (non-hydrogen) atoms. The Kier molecular flexibility index (Phi) is 16.3. The first-order chi connectivity index (χ1) is 29.3. The van der Waals surface area contributed by atoms with E-state index in [1.54, 1.807) is 65.0 Å². The molecule has 2 heterocycles. The van der Waals surface area contributed by atoms with E-state index in [2.05, 4.69) is 25.7 Å². The number of fused-ring (bicyclic) bond motifs is 1. The largest absolute Gasteiger partial charge is 0.487 e. The van der Waals surface area contributed by atoms with E-state index in [4.69, 9.17) is 20.9 Å². The molecule has 346 valence electrons. The Balaban J connectivity index is 1.35. The van der Waals surface area contributed by atoms with Crippen molar-refractivity contribution in [3.8, 4) is 5.75 Å². The van der Waals surface area contributed by atoms with Gasteiger partial charge < -0.3 is 46.9 Å². The van der Waals surface area contributed by atoms with E-state index in [0.29, 0.717) is 35.3 Å². The van der Waals surface area contributed by atoms with Crippen LogP contribution >= 0.6 is 0 Å². The standard InChI is InChI=1S/C43H62N8O11S/c1-24-25(2)36(26(3)28-22-43(7,8)62-35(24)28)63(59,60)50-41(45)46-18-12-16-29(44)37(54)47-23-33(52)48-30(21-34(53)61-42(4,5)6)38(55)49-31(20-27-14-10-9-11-15-27)39(56)51-19-13-17-32(51)40(57)58/h9-11,14-15,29-32H,12-13,16-23,44H2,1-8H3,(H,47,54)(H,48,52)(H,49,55)(H,57,58)(H3,45,46,50)/t29-,30-,31-,32-/m0/s1. The monoisotopic (exact) mass is 898 g/mol. The van der Waals surface area contributed by atoms with Crippen LogP contribution in [0.4, 0.5) is 0 Å². The summed E-state index contributed by atoms with van der Waals surface area (Å²) in [6.45, 7) is 13.5. The van der Waals surface area contributed by atoms with Crippen molar-refractivity contribution in [3.63, 3.8) is 0 Å². The van der Waals surface area contributed by atoms with Gasteiger partial charge >= 0.3 is 11.9 Å². The van der Waals surface area contributed by atoms with E-state index >= 15 is 0 Å². The maximum absolute atomic E-state index is 13.8. The first-order valence-corrected chi connectivity index (χ1v) is 22.3. The van der Waals surface area contributed by atoms with Crippen LogP contribution in [0.5, 0.6) is 5.75 Å². The second kappa shape index (κ2) is 20.6. The highest BCUT2D eigenvalue weighted by atomic mass is 32.2. The van der Waals surface area contributed by atoms with Crippen LogP contribution in [0.1, 0.15) is 94.5 Å². The highest BCUT2D eigenvalue weighted by Gasteiger charge is 2.40. The lowest BCUT2D eigenvalue weighted by molar-refractivity contribution is -0.157. The van der Waals surface area contributed by atoms with E-state index in [0.717, 1.165) is 11.1 Å². The third kappa shape index (κ3) is 13.6. The van der Waals surface area contributed by atoms with Crippen molar-refractivity contribution in [1.29, 1.82) is 0 Å².